The van der Waals surface area contributed by atoms with E-state index in [9.17, 15) is 14.7 Å². The molecule has 2 aliphatic rings. The summed E-state index contributed by atoms with van der Waals surface area (Å²) < 4.78 is 4.54. The molecule has 1 atom stereocenters. The lowest BCUT2D eigenvalue weighted by molar-refractivity contribution is -0.158. The quantitative estimate of drug-likeness (QED) is 0.705. The minimum Gasteiger partial charge on any atom is -0.468 e. The van der Waals surface area contributed by atoms with E-state index in [-0.39, 0.29) is 19.0 Å². The van der Waals surface area contributed by atoms with Gasteiger partial charge in [0.2, 0.25) is 0 Å². The molecule has 1 heterocycles. The molecule has 126 valence electrons. The van der Waals surface area contributed by atoms with Gasteiger partial charge in [-0.05, 0) is 31.6 Å². The molecule has 1 saturated carbocycles. The summed E-state index contributed by atoms with van der Waals surface area (Å²) in [5.41, 5.74) is -1.39. The minimum atomic E-state index is -1.39. The summed E-state index contributed by atoms with van der Waals surface area (Å²) in [6, 6.07) is 0. The zero-order valence-corrected chi connectivity index (χ0v) is 13.5. The Morgan fingerprint density at radius 3 is 2.77 bits per heavy atom. The summed E-state index contributed by atoms with van der Waals surface area (Å²) in [4.78, 5) is 25.5. The highest BCUT2D eigenvalue weighted by Gasteiger charge is 2.42. The molecule has 0 aromatic carbocycles. The van der Waals surface area contributed by atoms with Crippen molar-refractivity contribution in [2.75, 3.05) is 33.3 Å². The highest BCUT2D eigenvalue weighted by Crippen LogP contribution is 2.28. The fourth-order valence-corrected chi connectivity index (χ4v) is 3.53. The SMILES string of the molecule is COC(=O)CNC[C@@]1(O)CCCN(CC2CCCCC2)C1=O. The van der Waals surface area contributed by atoms with Crippen LogP contribution in [-0.4, -0.2) is 60.8 Å². The second kappa shape index (κ2) is 7.92. The van der Waals surface area contributed by atoms with E-state index in [1.165, 1.54) is 39.2 Å². The number of hydrogen-bond acceptors (Lipinski definition) is 5. The normalized spacial score (nSPS) is 27.0. The van der Waals surface area contributed by atoms with Gasteiger partial charge in [-0.25, -0.2) is 0 Å². The highest BCUT2D eigenvalue weighted by atomic mass is 16.5. The van der Waals surface area contributed by atoms with Gasteiger partial charge in [0.25, 0.3) is 5.91 Å². The monoisotopic (exact) mass is 312 g/mol. The van der Waals surface area contributed by atoms with Crippen LogP contribution in [0.15, 0.2) is 0 Å². The van der Waals surface area contributed by atoms with Crippen LogP contribution in [0.2, 0.25) is 0 Å². The summed E-state index contributed by atoms with van der Waals surface area (Å²) in [5.74, 6) is -0.0179. The van der Waals surface area contributed by atoms with Crippen LogP contribution in [0.25, 0.3) is 0 Å². The Morgan fingerprint density at radius 1 is 1.36 bits per heavy atom. The van der Waals surface area contributed by atoms with Crippen LogP contribution in [0.1, 0.15) is 44.9 Å². The smallest absolute Gasteiger partial charge is 0.319 e. The number of ether oxygens (including phenoxy) is 1. The Labute approximate surface area is 132 Å². The van der Waals surface area contributed by atoms with Crippen LogP contribution in [-0.2, 0) is 14.3 Å². The Hall–Kier alpha value is -1.14. The molecular weight excluding hydrogens is 284 g/mol. The molecule has 2 rings (SSSR count). The molecule has 0 spiro atoms. The van der Waals surface area contributed by atoms with Crippen molar-refractivity contribution in [3.63, 3.8) is 0 Å². The average Bonchev–Trinajstić information content (AvgIpc) is 2.53. The van der Waals surface area contributed by atoms with Crippen molar-refractivity contribution in [3.05, 3.63) is 0 Å². The molecule has 2 N–H and O–H groups in total. The van der Waals surface area contributed by atoms with Crippen LogP contribution >= 0.6 is 0 Å². The maximum absolute atomic E-state index is 12.6. The van der Waals surface area contributed by atoms with Crippen molar-refractivity contribution in [2.45, 2.75) is 50.5 Å². The molecule has 1 aliphatic heterocycles. The van der Waals surface area contributed by atoms with Crippen LogP contribution in [0.5, 0.6) is 0 Å². The molecule has 0 radical (unpaired) electrons. The van der Waals surface area contributed by atoms with Gasteiger partial charge in [-0.1, -0.05) is 19.3 Å². The third kappa shape index (κ3) is 4.43. The van der Waals surface area contributed by atoms with Crippen molar-refractivity contribution in [1.82, 2.24) is 10.2 Å². The lowest BCUT2D eigenvalue weighted by Gasteiger charge is -2.40. The third-order valence-electron chi connectivity index (χ3n) is 4.82. The molecular formula is C16H28N2O4. The van der Waals surface area contributed by atoms with Gasteiger partial charge in [0.1, 0.15) is 0 Å². The fraction of sp³-hybridized carbons (Fsp3) is 0.875. The van der Waals surface area contributed by atoms with Crippen molar-refractivity contribution in [1.29, 1.82) is 0 Å². The second-order valence-corrected chi connectivity index (χ2v) is 6.57. The molecule has 1 amide bonds. The lowest BCUT2D eigenvalue weighted by atomic mass is 9.86. The van der Waals surface area contributed by atoms with Crippen LogP contribution in [0, 0.1) is 5.92 Å². The zero-order valence-electron chi connectivity index (χ0n) is 13.5. The van der Waals surface area contributed by atoms with Gasteiger partial charge in [0.05, 0.1) is 13.7 Å². The van der Waals surface area contributed by atoms with Gasteiger partial charge >= 0.3 is 5.97 Å². The second-order valence-electron chi connectivity index (χ2n) is 6.57. The Bertz CT molecular complexity index is 396. The molecule has 0 aromatic rings. The number of likely N-dealkylation sites (tertiary alicyclic amines) is 1. The Kier molecular flexibility index (Phi) is 6.20. The van der Waals surface area contributed by atoms with E-state index in [1.807, 2.05) is 4.90 Å². The summed E-state index contributed by atoms with van der Waals surface area (Å²) in [6.45, 7) is 1.60. The van der Waals surface area contributed by atoms with E-state index in [4.69, 9.17) is 0 Å². The summed E-state index contributed by atoms with van der Waals surface area (Å²) in [6.07, 6.45) is 7.41. The van der Waals surface area contributed by atoms with E-state index >= 15 is 0 Å². The van der Waals surface area contributed by atoms with E-state index < -0.39 is 11.6 Å². The molecule has 1 saturated heterocycles. The number of piperidine rings is 1. The van der Waals surface area contributed by atoms with E-state index in [2.05, 4.69) is 10.1 Å². The first-order chi connectivity index (χ1) is 10.5. The van der Waals surface area contributed by atoms with E-state index in [0.29, 0.717) is 12.3 Å². The van der Waals surface area contributed by atoms with E-state index in [1.54, 1.807) is 0 Å². The Morgan fingerprint density at radius 2 is 2.09 bits per heavy atom. The summed E-state index contributed by atoms with van der Waals surface area (Å²) in [7, 11) is 1.32. The predicted octanol–water partition coefficient (Wildman–Crippen LogP) is 0.683. The lowest BCUT2D eigenvalue weighted by Crippen LogP contribution is -2.59. The highest BCUT2D eigenvalue weighted by molar-refractivity contribution is 5.86. The van der Waals surface area contributed by atoms with E-state index in [0.717, 1.165) is 19.5 Å². The Balaban J connectivity index is 1.86. The maximum Gasteiger partial charge on any atom is 0.319 e. The largest absolute Gasteiger partial charge is 0.468 e. The predicted molar refractivity (Wildman–Crippen MR) is 82.2 cm³/mol. The fourth-order valence-electron chi connectivity index (χ4n) is 3.53. The van der Waals surface area contributed by atoms with Crippen LogP contribution in [0.4, 0.5) is 0 Å². The maximum atomic E-state index is 12.6. The minimum absolute atomic E-state index is 0.00865. The number of hydrogen-bond donors (Lipinski definition) is 2. The number of carbonyl (C=O) groups is 2. The van der Waals surface area contributed by atoms with Gasteiger partial charge < -0.3 is 20.1 Å². The number of amides is 1. The van der Waals surface area contributed by atoms with Gasteiger partial charge in [-0.3, -0.25) is 9.59 Å². The number of esters is 1. The summed E-state index contributed by atoms with van der Waals surface area (Å²) >= 11 is 0. The van der Waals surface area contributed by atoms with Gasteiger partial charge in [0.15, 0.2) is 5.60 Å². The first-order valence-corrected chi connectivity index (χ1v) is 8.34. The molecule has 0 bridgehead atoms. The third-order valence-corrected chi connectivity index (χ3v) is 4.82. The number of nitrogens with zero attached hydrogens (tertiary/aromatic N) is 1. The first-order valence-electron chi connectivity index (χ1n) is 8.34. The molecule has 0 unspecified atom stereocenters. The van der Waals surface area contributed by atoms with Crippen LogP contribution in [0.3, 0.4) is 0 Å². The van der Waals surface area contributed by atoms with Crippen LogP contribution < -0.4 is 5.32 Å². The van der Waals surface area contributed by atoms with Crippen molar-refractivity contribution in [2.24, 2.45) is 5.92 Å². The molecule has 2 fully saturated rings. The van der Waals surface area contributed by atoms with Crippen molar-refractivity contribution in [3.8, 4) is 0 Å². The first kappa shape index (κ1) is 17.2. The number of aliphatic hydroxyl groups is 1. The van der Waals surface area contributed by atoms with Gasteiger partial charge in [-0.2, -0.15) is 0 Å². The number of nitrogens with one attached hydrogen (secondary N) is 1. The topological polar surface area (TPSA) is 78.9 Å². The van der Waals surface area contributed by atoms with Gasteiger partial charge in [-0.15, -0.1) is 0 Å². The molecule has 22 heavy (non-hydrogen) atoms. The number of rotatable bonds is 6. The molecule has 0 aromatic heterocycles. The molecule has 6 heteroatoms. The average molecular weight is 312 g/mol. The standard InChI is InChI=1S/C16H28N2O4/c1-22-14(19)10-17-12-16(21)8-5-9-18(15(16)20)11-13-6-3-2-4-7-13/h13,17,21H,2-12H2,1H3/t16-/m0/s1. The van der Waals surface area contributed by atoms with Gasteiger partial charge in [0, 0.05) is 19.6 Å². The zero-order chi connectivity index (χ0) is 16.0. The van der Waals surface area contributed by atoms with Crippen molar-refractivity contribution < 1.29 is 19.4 Å². The molecule has 1 aliphatic carbocycles. The molecule has 6 nitrogen and oxygen atoms in total. The number of methoxy groups -OCH3 is 1. The summed E-state index contributed by atoms with van der Waals surface area (Å²) in [5, 5.41) is 13.4. The van der Waals surface area contributed by atoms with Crippen molar-refractivity contribution >= 4 is 11.9 Å². The number of carbonyl (C=O) groups excluding carboxylic acids is 2.